The number of nitrogens with zero attached hydrogens (tertiary/aromatic N) is 3. The van der Waals surface area contributed by atoms with Gasteiger partial charge in [0.2, 0.25) is 0 Å². The molecular formula is C12H16N3+. The SMILES string of the molecule is Cc1cc(C)c(-n2ccc[n+]2C)c(C)n1. The highest BCUT2D eigenvalue weighted by atomic mass is 15.4. The highest BCUT2D eigenvalue weighted by molar-refractivity contribution is 5.43. The third-order valence-corrected chi connectivity index (χ3v) is 2.58. The minimum atomic E-state index is 1.07. The van der Waals surface area contributed by atoms with Gasteiger partial charge in [0.05, 0.1) is 11.9 Å². The van der Waals surface area contributed by atoms with Crippen molar-refractivity contribution in [3.05, 3.63) is 41.5 Å². The Balaban J connectivity index is 2.68. The predicted molar refractivity (Wildman–Crippen MR) is 59.0 cm³/mol. The topological polar surface area (TPSA) is 21.7 Å². The first-order valence-electron chi connectivity index (χ1n) is 5.08. The molecule has 78 valence electrons. The number of rotatable bonds is 1. The molecular weight excluding hydrogens is 186 g/mol. The Morgan fingerprint density at radius 3 is 2.53 bits per heavy atom. The highest BCUT2D eigenvalue weighted by Gasteiger charge is 2.12. The lowest BCUT2D eigenvalue weighted by molar-refractivity contribution is -0.744. The van der Waals surface area contributed by atoms with Gasteiger partial charge >= 0.3 is 0 Å². The Hall–Kier alpha value is -1.64. The molecule has 0 spiro atoms. The standard InChI is InChI=1S/C12H16N3/c1-9-8-10(2)13-11(3)12(9)15-7-5-6-14(15)4/h5-8H,1-4H3/q+1. The van der Waals surface area contributed by atoms with Crippen LogP contribution in [0.4, 0.5) is 0 Å². The second kappa shape index (κ2) is 3.50. The van der Waals surface area contributed by atoms with E-state index in [-0.39, 0.29) is 0 Å². The molecule has 2 aromatic rings. The van der Waals surface area contributed by atoms with Crippen molar-refractivity contribution in [3.63, 3.8) is 0 Å². The summed E-state index contributed by atoms with van der Waals surface area (Å²) in [5, 5.41) is 0. The summed E-state index contributed by atoms with van der Waals surface area (Å²) in [7, 11) is 2.03. The van der Waals surface area contributed by atoms with Crippen molar-refractivity contribution in [2.75, 3.05) is 0 Å². The Morgan fingerprint density at radius 2 is 2.00 bits per heavy atom. The van der Waals surface area contributed by atoms with Crippen LogP contribution in [-0.4, -0.2) is 9.67 Å². The summed E-state index contributed by atoms with van der Waals surface area (Å²) in [5.41, 5.74) is 4.57. The molecule has 0 aliphatic carbocycles. The van der Waals surface area contributed by atoms with Gasteiger partial charge < -0.3 is 0 Å². The summed E-state index contributed by atoms with van der Waals surface area (Å²) in [4.78, 5) is 4.50. The normalized spacial score (nSPS) is 10.7. The Bertz CT molecular complexity index is 474. The maximum absolute atomic E-state index is 4.50. The first-order valence-corrected chi connectivity index (χ1v) is 5.08. The lowest BCUT2D eigenvalue weighted by atomic mass is 10.2. The second-order valence-electron chi connectivity index (χ2n) is 3.92. The summed E-state index contributed by atoms with van der Waals surface area (Å²) in [5.74, 6) is 0. The van der Waals surface area contributed by atoms with E-state index in [4.69, 9.17) is 0 Å². The van der Waals surface area contributed by atoms with E-state index in [1.54, 1.807) is 0 Å². The van der Waals surface area contributed by atoms with Gasteiger partial charge in [0, 0.05) is 11.8 Å². The van der Waals surface area contributed by atoms with E-state index in [2.05, 4.69) is 29.6 Å². The predicted octanol–water partition coefficient (Wildman–Crippen LogP) is 1.62. The quantitative estimate of drug-likeness (QED) is 0.644. The van der Waals surface area contributed by atoms with E-state index in [9.17, 15) is 0 Å². The molecule has 3 heteroatoms. The maximum atomic E-state index is 4.50. The minimum absolute atomic E-state index is 1.07. The number of hydrogen-bond acceptors (Lipinski definition) is 1. The van der Waals surface area contributed by atoms with Crippen molar-refractivity contribution in [1.82, 2.24) is 9.67 Å². The molecule has 2 rings (SSSR count). The van der Waals surface area contributed by atoms with Crippen molar-refractivity contribution >= 4 is 0 Å². The summed E-state index contributed by atoms with van der Waals surface area (Å²) in [6.45, 7) is 6.20. The average Bonchev–Trinajstić information content (AvgIpc) is 2.50. The van der Waals surface area contributed by atoms with Gasteiger partial charge in [-0.15, -0.1) is 9.36 Å². The molecule has 0 unspecified atom stereocenters. The van der Waals surface area contributed by atoms with Crippen molar-refractivity contribution in [2.45, 2.75) is 20.8 Å². The molecule has 0 atom stereocenters. The second-order valence-corrected chi connectivity index (χ2v) is 3.92. The number of aryl methyl sites for hydroxylation is 4. The summed E-state index contributed by atoms with van der Waals surface area (Å²) in [6.07, 6.45) is 4.07. The molecule has 0 saturated heterocycles. The third-order valence-electron chi connectivity index (χ3n) is 2.58. The van der Waals surface area contributed by atoms with Crippen LogP contribution in [0.25, 0.3) is 5.69 Å². The summed E-state index contributed by atoms with van der Waals surface area (Å²) in [6, 6.07) is 4.14. The molecule has 0 amide bonds. The molecule has 0 fully saturated rings. The third kappa shape index (κ3) is 1.65. The fourth-order valence-electron chi connectivity index (χ4n) is 2.02. The number of hydrogen-bond donors (Lipinski definition) is 0. The van der Waals surface area contributed by atoms with Crippen LogP contribution in [0.3, 0.4) is 0 Å². The van der Waals surface area contributed by atoms with Crippen molar-refractivity contribution in [2.24, 2.45) is 7.05 Å². The molecule has 0 aliphatic rings. The monoisotopic (exact) mass is 202 g/mol. The van der Waals surface area contributed by atoms with Crippen LogP contribution in [0.2, 0.25) is 0 Å². The van der Waals surface area contributed by atoms with Gasteiger partial charge in [0.1, 0.15) is 5.69 Å². The summed E-state index contributed by atoms with van der Waals surface area (Å²) >= 11 is 0. The van der Waals surface area contributed by atoms with E-state index < -0.39 is 0 Å². The zero-order valence-electron chi connectivity index (χ0n) is 9.65. The van der Waals surface area contributed by atoms with Crippen LogP contribution < -0.4 is 4.68 Å². The smallest absolute Gasteiger partial charge is 0.195 e. The van der Waals surface area contributed by atoms with Crippen LogP contribution in [0.5, 0.6) is 0 Å². The van der Waals surface area contributed by atoms with E-state index >= 15 is 0 Å². The van der Waals surface area contributed by atoms with Gasteiger partial charge in [-0.05, 0) is 32.4 Å². The van der Waals surface area contributed by atoms with E-state index in [1.807, 2.05) is 37.1 Å². The first-order chi connectivity index (χ1) is 7.09. The fraction of sp³-hybridized carbons (Fsp3) is 0.333. The van der Waals surface area contributed by atoms with Gasteiger partial charge in [-0.3, -0.25) is 4.98 Å². The van der Waals surface area contributed by atoms with Crippen LogP contribution in [-0.2, 0) is 7.05 Å². The minimum Gasteiger partial charge on any atom is -0.256 e. The summed E-state index contributed by atoms with van der Waals surface area (Å²) < 4.78 is 4.16. The Kier molecular flexibility index (Phi) is 2.31. The molecule has 0 radical (unpaired) electrons. The lowest BCUT2D eigenvalue weighted by Gasteiger charge is -2.08. The molecule has 2 aromatic heterocycles. The van der Waals surface area contributed by atoms with Gasteiger partial charge in [-0.25, -0.2) is 0 Å². The average molecular weight is 202 g/mol. The number of aromatic nitrogens is 3. The van der Waals surface area contributed by atoms with Gasteiger partial charge in [0.25, 0.3) is 0 Å². The van der Waals surface area contributed by atoms with E-state index in [1.165, 1.54) is 11.3 Å². The van der Waals surface area contributed by atoms with Crippen LogP contribution in [0, 0.1) is 20.8 Å². The van der Waals surface area contributed by atoms with Crippen LogP contribution in [0.15, 0.2) is 24.5 Å². The van der Waals surface area contributed by atoms with Crippen molar-refractivity contribution < 1.29 is 4.68 Å². The lowest BCUT2D eigenvalue weighted by Crippen LogP contribution is -2.37. The molecule has 0 bridgehead atoms. The van der Waals surface area contributed by atoms with Crippen LogP contribution in [0.1, 0.15) is 17.0 Å². The molecule has 0 saturated carbocycles. The van der Waals surface area contributed by atoms with E-state index in [0.717, 1.165) is 11.4 Å². The molecule has 0 N–H and O–H groups in total. The molecule has 3 nitrogen and oxygen atoms in total. The van der Waals surface area contributed by atoms with Gasteiger partial charge in [-0.2, -0.15) is 0 Å². The highest BCUT2D eigenvalue weighted by Crippen LogP contribution is 2.16. The first kappa shape index (κ1) is 9.90. The zero-order valence-corrected chi connectivity index (χ0v) is 9.65. The van der Waals surface area contributed by atoms with Crippen LogP contribution >= 0.6 is 0 Å². The molecule has 0 aromatic carbocycles. The number of pyridine rings is 1. The van der Waals surface area contributed by atoms with Gasteiger partial charge in [-0.1, -0.05) is 0 Å². The van der Waals surface area contributed by atoms with E-state index in [0.29, 0.717) is 0 Å². The molecule has 2 heterocycles. The Labute approximate surface area is 90.0 Å². The fourth-order valence-corrected chi connectivity index (χ4v) is 2.02. The largest absolute Gasteiger partial charge is 0.256 e. The van der Waals surface area contributed by atoms with Crippen molar-refractivity contribution in [1.29, 1.82) is 0 Å². The maximum Gasteiger partial charge on any atom is 0.195 e. The molecule has 15 heavy (non-hydrogen) atoms. The molecule has 0 aliphatic heterocycles. The van der Waals surface area contributed by atoms with Crippen molar-refractivity contribution in [3.8, 4) is 5.69 Å². The van der Waals surface area contributed by atoms with Gasteiger partial charge in [0.15, 0.2) is 13.2 Å². The zero-order chi connectivity index (χ0) is 11.0. The Morgan fingerprint density at radius 1 is 1.27 bits per heavy atom.